The normalized spacial score (nSPS) is 21.7. The molecule has 122 valence electrons. The van der Waals surface area contributed by atoms with Gasteiger partial charge in [-0.15, -0.1) is 0 Å². The number of carbonyl (C=O) groups excluding carboxylic acids is 1. The number of nitrogens with zero attached hydrogens (tertiary/aromatic N) is 2. The Morgan fingerprint density at radius 3 is 3.00 bits per heavy atom. The number of fused-ring (bicyclic) bond motifs is 1. The fourth-order valence-corrected chi connectivity index (χ4v) is 3.71. The number of piperidine rings is 1. The number of carbonyl (C=O) groups is 2. The number of rotatable bonds is 3. The summed E-state index contributed by atoms with van der Waals surface area (Å²) >= 11 is 3.40. The number of amides is 1. The summed E-state index contributed by atoms with van der Waals surface area (Å²) in [7, 11) is 0. The average Bonchev–Trinajstić information content (AvgIpc) is 2.46. The minimum Gasteiger partial charge on any atom is -0.481 e. The maximum atomic E-state index is 12.2. The Balaban J connectivity index is 1.87. The van der Waals surface area contributed by atoms with Crippen LogP contribution in [0.5, 0.6) is 0 Å². The predicted octanol–water partition coefficient (Wildman–Crippen LogP) is 2.11. The summed E-state index contributed by atoms with van der Waals surface area (Å²) in [6.07, 6.45) is 1.51. The van der Waals surface area contributed by atoms with Crippen LogP contribution in [0.15, 0.2) is 16.6 Å². The Labute approximate surface area is 141 Å². The quantitative estimate of drug-likeness (QED) is 0.781. The van der Waals surface area contributed by atoms with Crippen LogP contribution in [0.2, 0.25) is 0 Å². The molecule has 1 unspecified atom stereocenters. The van der Waals surface area contributed by atoms with Gasteiger partial charge in [0.1, 0.15) is 5.69 Å². The van der Waals surface area contributed by atoms with E-state index in [0.717, 1.165) is 23.0 Å². The van der Waals surface area contributed by atoms with Crippen molar-refractivity contribution in [1.82, 2.24) is 4.90 Å². The summed E-state index contributed by atoms with van der Waals surface area (Å²) < 4.78 is 1.47. The predicted molar refractivity (Wildman–Crippen MR) is 86.6 cm³/mol. The van der Waals surface area contributed by atoms with Gasteiger partial charge in [0.2, 0.25) is 0 Å². The van der Waals surface area contributed by atoms with Gasteiger partial charge in [-0.1, -0.05) is 15.9 Å². The zero-order chi connectivity index (χ0) is 16.6. The lowest BCUT2D eigenvalue weighted by atomic mass is 9.97. The molecule has 2 heterocycles. The molecule has 0 aromatic heterocycles. The highest BCUT2D eigenvalue weighted by Gasteiger charge is 2.34. The van der Waals surface area contributed by atoms with Crippen LogP contribution in [0.25, 0.3) is 0 Å². The molecule has 1 aromatic carbocycles. The van der Waals surface area contributed by atoms with Gasteiger partial charge in [-0.3, -0.25) is 14.5 Å². The number of halogens is 1. The molecule has 0 bridgehead atoms. The molecular weight excluding hydrogens is 366 g/mol. The van der Waals surface area contributed by atoms with Crippen LogP contribution < -0.4 is 5.32 Å². The maximum absolute atomic E-state index is 12.2. The van der Waals surface area contributed by atoms with Crippen molar-refractivity contribution in [3.8, 4) is 0 Å². The molecule has 0 aliphatic carbocycles. The number of hydrogen-bond donors (Lipinski definition) is 2. The van der Waals surface area contributed by atoms with Gasteiger partial charge in [0, 0.05) is 32.8 Å². The van der Waals surface area contributed by atoms with Crippen LogP contribution in [0.1, 0.15) is 18.4 Å². The monoisotopic (exact) mass is 382 g/mol. The maximum Gasteiger partial charge on any atom is 0.307 e. The second-order valence-corrected chi connectivity index (χ2v) is 6.87. The number of likely N-dealkylation sites (tertiary alicyclic amines) is 1. The molecule has 1 aromatic rings. The van der Waals surface area contributed by atoms with Gasteiger partial charge in [0.15, 0.2) is 0 Å². The molecule has 1 amide bonds. The first-order chi connectivity index (χ1) is 10.9. The summed E-state index contributed by atoms with van der Waals surface area (Å²) in [6, 6.07) is 3.56. The second kappa shape index (κ2) is 6.37. The number of nitrogens with one attached hydrogen (secondary N) is 1. The third kappa shape index (κ3) is 3.42. The van der Waals surface area contributed by atoms with E-state index < -0.39 is 5.97 Å². The van der Waals surface area contributed by atoms with E-state index in [0.29, 0.717) is 35.6 Å². The van der Waals surface area contributed by atoms with Gasteiger partial charge < -0.3 is 10.4 Å². The second-order valence-electron chi connectivity index (χ2n) is 5.96. The number of aliphatic carboxylic acids is 1. The van der Waals surface area contributed by atoms with Crippen LogP contribution in [0.3, 0.4) is 0 Å². The van der Waals surface area contributed by atoms with Crippen molar-refractivity contribution in [2.45, 2.75) is 19.4 Å². The van der Waals surface area contributed by atoms with E-state index in [4.69, 9.17) is 0 Å². The van der Waals surface area contributed by atoms with Crippen LogP contribution in [-0.4, -0.2) is 46.3 Å². The number of carboxylic acids is 1. The van der Waals surface area contributed by atoms with Gasteiger partial charge in [0.05, 0.1) is 5.92 Å². The average molecular weight is 383 g/mol. The van der Waals surface area contributed by atoms with Crippen molar-refractivity contribution >= 4 is 39.2 Å². The number of hydrogen-bond acceptors (Lipinski definition) is 4. The molecule has 0 radical (unpaired) electrons. The molecule has 1 atom stereocenters. The zero-order valence-electron chi connectivity index (χ0n) is 12.4. The standard InChI is InChI=1S/C15H16BrN3O4/c16-11-4-10(7-18-3-1-2-9(6-18)15(21)22)14-12(5-11)17-13(20)8-19(14)23/h4-5,9H,1-3,6-8H2,(H-,17,20,21,22,23)/p+1. The zero-order valence-corrected chi connectivity index (χ0v) is 14.0. The van der Waals surface area contributed by atoms with Crippen LogP contribution in [0, 0.1) is 10.8 Å². The van der Waals surface area contributed by atoms with E-state index in [1.54, 1.807) is 6.07 Å². The summed E-state index contributed by atoms with van der Waals surface area (Å²) in [5.41, 5.74) is 1.74. The summed E-state index contributed by atoms with van der Waals surface area (Å²) in [4.78, 5) is 36.9. The van der Waals surface area contributed by atoms with Gasteiger partial charge >= 0.3 is 5.97 Å². The van der Waals surface area contributed by atoms with E-state index in [-0.39, 0.29) is 18.4 Å². The fraction of sp³-hybridized carbons (Fsp3) is 0.467. The first kappa shape index (κ1) is 16.1. The summed E-state index contributed by atoms with van der Waals surface area (Å²) in [5.74, 6) is -1.47. The highest BCUT2D eigenvalue weighted by atomic mass is 79.9. The number of carboxylic acid groups (broad SMARTS) is 1. The minimum absolute atomic E-state index is 0.223. The van der Waals surface area contributed by atoms with E-state index in [9.17, 15) is 19.6 Å². The van der Waals surface area contributed by atoms with Crippen molar-refractivity contribution in [1.29, 1.82) is 0 Å². The molecular formula is C15H17BrN3O4+. The molecule has 8 heteroatoms. The Morgan fingerprint density at radius 1 is 1.48 bits per heavy atom. The molecule has 3 rings (SSSR count). The lowest BCUT2D eigenvalue weighted by Gasteiger charge is -2.30. The Bertz CT molecular complexity index is 692. The van der Waals surface area contributed by atoms with Crippen molar-refractivity contribution in [2.24, 2.45) is 5.92 Å². The number of anilines is 1. The molecule has 2 N–H and O–H groups in total. The Kier molecular flexibility index (Phi) is 4.45. The van der Waals surface area contributed by atoms with Crippen molar-refractivity contribution in [3.05, 3.63) is 27.1 Å². The van der Waals surface area contributed by atoms with E-state index in [1.807, 2.05) is 6.07 Å². The van der Waals surface area contributed by atoms with Crippen LogP contribution in [0.4, 0.5) is 11.4 Å². The molecule has 23 heavy (non-hydrogen) atoms. The molecule has 2 aliphatic heterocycles. The molecule has 1 fully saturated rings. The topological polar surface area (TPSA) is 89.7 Å². The third-order valence-corrected chi connectivity index (χ3v) is 4.67. The highest BCUT2D eigenvalue weighted by molar-refractivity contribution is 9.10. The minimum atomic E-state index is -0.774. The largest absolute Gasteiger partial charge is 0.481 e. The third-order valence-electron chi connectivity index (χ3n) is 4.21. The summed E-state index contributed by atoms with van der Waals surface area (Å²) in [5, 5.41) is 11.9. The van der Waals surface area contributed by atoms with Gasteiger partial charge in [-0.2, -0.15) is 0 Å². The Morgan fingerprint density at radius 2 is 2.26 bits per heavy atom. The molecule has 1 saturated heterocycles. The molecule has 2 aliphatic rings. The van der Waals surface area contributed by atoms with Crippen molar-refractivity contribution < 1.29 is 19.5 Å². The summed E-state index contributed by atoms with van der Waals surface area (Å²) in [6.45, 7) is 1.54. The van der Waals surface area contributed by atoms with E-state index in [2.05, 4.69) is 26.1 Å². The Hall–Kier alpha value is -1.80. The van der Waals surface area contributed by atoms with Crippen molar-refractivity contribution in [3.63, 3.8) is 0 Å². The molecule has 0 spiro atoms. The highest BCUT2D eigenvalue weighted by Crippen LogP contribution is 2.36. The van der Waals surface area contributed by atoms with Gasteiger partial charge in [0.25, 0.3) is 18.1 Å². The number of benzene rings is 1. The van der Waals surface area contributed by atoms with E-state index in [1.165, 1.54) is 0 Å². The lowest BCUT2D eigenvalue weighted by molar-refractivity contribution is -0.451. The molecule has 7 nitrogen and oxygen atoms in total. The lowest BCUT2D eigenvalue weighted by Crippen LogP contribution is -2.38. The SMILES string of the molecule is O=C1C[N+](=O)c2c(CN3CCCC(C(=O)O)C3)cc(Br)cc2N1. The first-order valence-corrected chi connectivity index (χ1v) is 8.25. The van der Waals surface area contributed by atoms with Gasteiger partial charge in [-0.05, 0) is 31.5 Å². The first-order valence-electron chi connectivity index (χ1n) is 7.46. The smallest absolute Gasteiger partial charge is 0.307 e. The van der Waals surface area contributed by atoms with Gasteiger partial charge in [-0.25, -0.2) is 0 Å². The van der Waals surface area contributed by atoms with E-state index >= 15 is 0 Å². The number of nitroso groups, excluding NO2 is 1. The molecule has 0 saturated carbocycles. The fourth-order valence-electron chi connectivity index (χ4n) is 3.21. The van der Waals surface area contributed by atoms with Crippen LogP contribution >= 0.6 is 15.9 Å². The van der Waals surface area contributed by atoms with Crippen molar-refractivity contribution in [2.75, 3.05) is 25.0 Å². The van der Waals surface area contributed by atoms with Crippen LogP contribution in [-0.2, 0) is 16.1 Å².